The number of nitrogens with one attached hydrogen (secondary N) is 1. The minimum atomic E-state index is 0.750. The second kappa shape index (κ2) is 8.53. The Kier molecular flexibility index (Phi) is 7.38. The Balaban J connectivity index is 2.31. The van der Waals surface area contributed by atoms with Crippen molar-refractivity contribution in [2.24, 2.45) is 7.05 Å². The minimum Gasteiger partial charge on any atom is -0.383 e. The summed E-state index contributed by atoms with van der Waals surface area (Å²) in [5.41, 5.74) is 2.02. The first-order valence-corrected chi connectivity index (χ1v) is 7.06. The van der Waals surface area contributed by atoms with E-state index in [4.69, 9.17) is 16.3 Å². The van der Waals surface area contributed by atoms with Gasteiger partial charge in [-0.1, -0.05) is 18.5 Å². The van der Waals surface area contributed by atoms with Crippen LogP contribution in [0.5, 0.6) is 0 Å². The number of hydrogen-bond acceptors (Lipinski definition) is 4. The van der Waals surface area contributed by atoms with Crippen molar-refractivity contribution in [3.05, 3.63) is 16.4 Å². The lowest BCUT2D eigenvalue weighted by molar-refractivity contribution is 0.161. The molecule has 0 amide bonds. The molecule has 0 saturated carbocycles. The highest BCUT2D eigenvalue weighted by molar-refractivity contribution is 6.31. The smallest absolute Gasteiger partial charge is 0.0863 e. The Hall–Kier alpha value is -0.620. The Morgan fingerprint density at radius 1 is 1.42 bits per heavy atom. The van der Waals surface area contributed by atoms with Crippen molar-refractivity contribution < 1.29 is 4.74 Å². The largest absolute Gasteiger partial charge is 0.383 e. The van der Waals surface area contributed by atoms with Crippen LogP contribution >= 0.6 is 11.6 Å². The molecule has 0 unspecified atom stereocenters. The van der Waals surface area contributed by atoms with Gasteiger partial charge in [-0.05, 0) is 13.5 Å². The Labute approximate surface area is 120 Å². The van der Waals surface area contributed by atoms with E-state index in [1.807, 2.05) is 11.7 Å². The van der Waals surface area contributed by atoms with E-state index in [1.165, 1.54) is 0 Å². The first-order chi connectivity index (χ1) is 9.10. The molecular formula is C13H25ClN4O. The number of rotatable bonds is 9. The lowest BCUT2D eigenvalue weighted by Crippen LogP contribution is -2.31. The number of aryl methyl sites for hydroxylation is 2. The van der Waals surface area contributed by atoms with Gasteiger partial charge in [0.05, 0.1) is 23.0 Å². The summed E-state index contributed by atoms with van der Waals surface area (Å²) in [7, 11) is 5.75. The van der Waals surface area contributed by atoms with Gasteiger partial charge in [-0.2, -0.15) is 5.10 Å². The Morgan fingerprint density at radius 2 is 2.16 bits per heavy atom. The zero-order valence-electron chi connectivity index (χ0n) is 12.4. The van der Waals surface area contributed by atoms with Crippen LogP contribution < -0.4 is 5.32 Å². The molecule has 0 aromatic carbocycles. The quantitative estimate of drug-likeness (QED) is 0.696. The van der Waals surface area contributed by atoms with Crippen LogP contribution in [0.3, 0.4) is 0 Å². The van der Waals surface area contributed by atoms with Crippen molar-refractivity contribution in [2.75, 3.05) is 40.4 Å². The fraction of sp³-hybridized carbons (Fsp3) is 0.769. The summed E-state index contributed by atoms with van der Waals surface area (Å²) in [4.78, 5) is 2.23. The second-order valence-electron chi connectivity index (χ2n) is 4.66. The molecule has 5 nitrogen and oxygen atoms in total. The molecule has 0 aliphatic rings. The van der Waals surface area contributed by atoms with Crippen LogP contribution in [0.4, 0.5) is 0 Å². The highest BCUT2D eigenvalue weighted by Crippen LogP contribution is 2.20. The molecule has 1 aromatic rings. The zero-order valence-corrected chi connectivity index (χ0v) is 13.1. The fourth-order valence-corrected chi connectivity index (χ4v) is 2.21. The molecule has 0 saturated heterocycles. The number of hydrogen-bond donors (Lipinski definition) is 1. The molecule has 6 heteroatoms. The summed E-state index contributed by atoms with van der Waals surface area (Å²) in [5, 5.41) is 8.60. The van der Waals surface area contributed by atoms with Crippen molar-refractivity contribution in [1.29, 1.82) is 0 Å². The first kappa shape index (κ1) is 16.4. The van der Waals surface area contributed by atoms with E-state index in [9.17, 15) is 0 Å². The molecule has 1 N–H and O–H groups in total. The van der Waals surface area contributed by atoms with Crippen molar-refractivity contribution >= 4 is 11.6 Å². The second-order valence-corrected chi connectivity index (χ2v) is 5.04. The van der Waals surface area contributed by atoms with E-state index >= 15 is 0 Å². The first-order valence-electron chi connectivity index (χ1n) is 6.68. The van der Waals surface area contributed by atoms with Gasteiger partial charge in [0.2, 0.25) is 0 Å². The van der Waals surface area contributed by atoms with Gasteiger partial charge in [0.1, 0.15) is 0 Å². The summed E-state index contributed by atoms with van der Waals surface area (Å²) < 4.78 is 6.91. The van der Waals surface area contributed by atoms with Crippen LogP contribution in [0.1, 0.15) is 18.3 Å². The maximum absolute atomic E-state index is 6.29. The van der Waals surface area contributed by atoms with Gasteiger partial charge < -0.3 is 15.0 Å². The highest BCUT2D eigenvalue weighted by Gasteiger charge is 2.12. The van der Waals surface area contributed by atoms with E-state index in [-0.39, 0.29) is 0 Å². The van der Waals surface area contributed by atoms with Crippen molar-refractivity contribution in [3.63, 3.8) is 0 Å². The maximum Gasteiger partial charge on any atom is 0.0863 e. The van der Waals surface area contributed by atoms with Crippen LogP contribution in [0, 0.1) is 0 Å². The van der Waals surface area contributed by atoms with Gasteiger partial charge in [-0.3, -0.25) is 4.68 Å². The Bertz CT molecular complexity index is 381. The molecule has 0 aliphatic carbocycles. The fourth-order valence-electron chi connectivity index (χ4n) is 1.85. The summed E-state index contributed by atoms with van der Waals surface area (Å²) in [6.45, 7) is 6.44. The van der Waals surface area contributed by atoms with E-state index in [0.717, 1.165) is 55.6 Å². The maximum atomic E-state index is 6.29. The summed E-state index contributed by atoms with van der Waals surface area (Å²) >= 11 is 6.29. The number of nitrogens with zero attached hydrogens (tertiary/aromatic N) is 3. The monoisotopic (exact) mass is 288 g/mol. The van der Waals surface area contributed by atoms with Gasteiger partial charge in [0.15, 0.2) is 0 Å². The van der Waals surface area contributed by atoms with Crippen molar-refractivity contribution in [3.8, 4) is 0 Å². The minimum absolute atomic E-state index is 0.750. The Morgan fingerprint density at radius 3 is 2.74 bits per heavy atom. The topological polar surface area (TPSA) is 42.3 Å². The van der Waals surface area contributed by atoms with Crippen molar-refractivity contribution in [1.82, 2.24) is 20.0 Å². The molecule has 0 spiro atoms. The lowest BCUT2D eigenvalue weighted by atomic mass is 10.3. The molecule has 19 heavy (non-hydrogen) atoms. The van der Waals surface area contributed by atoms with Crippen LogP contribution in [-0.4, -0.2) is 55.1 Å². The molecule has 0 radical (unpaired) electrons. The van der Waals surface area contributed by atoms with E-state index in [0.29, 0.717) is 0 Å². The normalized spacial score (nSPS) is 11.5. The van der Waals surface area contributed by atoms with Gasteiger partial charge >= 0.3 is 0 Å². The third kappa shape index (κ3) is 5.10. The third-order valence-electron chi connectivity index (χ3n) is 3.14. The molecule has 0 aliphatic heterocycles. The molecule has 110 valence electrons. The summed E-state index contributed by atoms with van der Waals surface area (Å²) in [5.74, 6) is 0. The summed E-state index contributed by atoms with van der Waals surface area (Å²) in [6, 6.07) is 0. The molecule has 0 bridgehead atoms. The SMILES string of the molecule is CCc1nn(C)c(CNCCN(C)CCOC)c1Cl. The van der Waals surface area contributed by atoms with Gasteiger partial charge in [-0.15, -0.1) is 0 Å². The van der Waals surface area contributed by atoms with Crippen LogP contribution in [0.25, 0.3) is 0 Å². The van der Waals surface area contributed by atoms with Crippen LogP contribution in [-0.2, 0) is 24.8 Å². The zero-order chi connectivity index (χ0) is 14.3. The third-order valence-corrected chi connectivity index (χ3v) is 3.58. The van der Waals surface area contributed by atoms with Gasteiger partial charge in [0.25, 0.3) is 0 Å². The number of methoxy groups -OCH3 is 1. The molecule has 1 rings (SSSR count). The number of halogens is 1. The number of aromatic nitrogens is 2. The van der Waals surface area contributed by atoms with Gasteiger partial charge in [-0.25, -0.2) is 0 Å². The standard InChI is InChI=1S/C13H25ClN4O/c1-5-11-13(14)12(18(3)16-11)10-15-6-7-17(2)8-9-19-4/h15H,5-10H2,1-4H3. The van der Waals surface area contributed by atoms with Gasteiger partial charge in [0, 0.05) is 40.3 Å². The molecule has 1 heterocycles. The predicted molar refractivity (Wildman–Crippen MR) is 78.7 cm³/mol. The molecule has 0 atom stereocenters. The average molecular weight is 289 g/mol. The number of likely N-dealkylation sites (N-methyl/N-ethyl adjacent to an activating group) is 1. The lowest BCUT2D eigenvalue weighted by Gasteiger charge is -2.16. The number of ether oxygens (including phenoxy) is 1. The van der Waals surface area contributed by atoms with E-state index in [2.05, 4.69) is 29.3 Å². The predicted octanol–water partition coefficient (Wildman–Crippen LogP) is 1.30. The molecule has 0 fully saturated rings. The highest BCUT2D eigenvalue weighted by atomic mass is 35.5. The summed E-state index contributed by atoms with van der Waals surface area (Å²) in [6.07, 6.45) is 0.867. The van der Waals surface area contributed by atoms with Crippen molar-refractivity contribution in [2.45, 2.75) is 19.9 Å². The molecule has 1 aromatic heterocycles. The van der Waals surface area contributed by atoms with E-state index < -0.39 is 0 Å². The van der Waals surface area contributed by atoms with Crippen LogP contribution in [0.15, 0.2) is 0 Å². The van der Waals surface area contributed by atoms with E-state index in [1.54, 1.807) is 7.11 Å². The average Bonchev–Trinajstić information content (AvgIpc) is 2.67. The molecular weight excluding hydrogens is 264 g/mol. The van der Waals surface area contributed by atoms with Crippen LogP contribution in [0.2, 0.25) is 5.02 Å².